The number of para-hydroxylation sites is 1. The molecule has 7 nitrogen and oxygen atoms in total. The van der Waals surface area contributed by atoms with Crippen molar-refractivity contribution in [3.8, 4) is 11.5 Å². The highest BCUT2D eigenvalue weighted by Crippen LogP contribution is 2.48. The number of carbonyl (C=O) groups is 2. The van der Waals surface area contributed by atoms with Gasteiger partial charge < -0.3 is 10.2 Å². The van der Waals surface area contributed by atoms with Gasteiger partial charge in [-0.1, -0.05) is 24.3 Å². The molecule has 2 saturated heterocycles. The number of nitrogens with zero attached hydrogens (tertiary/aromatic N) is 2. The van der Waals surface area contributed by atoms with Gasteiger partial charge in [-0.2, -0.15) is 0 Å². The molecule has 0 aromatic heterocycles. The van der Waals surface area contributed by atoms with Gasteiger partial charge in [0, 0.05) is 0 Å². The zero-order chi connectivity index (χ0) is 21.7. The third kappa shape index (κ3) is 3.00. The van der Waals surface area contributed by atoms with E-state index in [0.29, 0.717) is 11.3 Å². The lowest BCUT2D eigenvalue weighted by molar-refractivity contribution is -0.126. The van der Waals surface area contributed by atoms with Crippen molar-refractivity contribution in [1.29, 1.82) is 0 Å². The molecule has 2 heterocycles. The SMILES string of the molecule is O=C1C2ON(c3ccccc3)C(c3ccc(O)c(O)c3)C2C(=O)N1c1ccc(F)cc1. The number of fused-ring (bicyclic) bond motifs is 1. The second-order valence-electron chi connectivity index (χ2n) is 7.39. The highest BCUT2D eigenvalue weighted by Gasteiger charge is 2.60. The Labute approximate surface area is 176 Å². The van der Waals surface area contributed by atoms with Crippen LogP contribution in [0.5, 0.6) is 11.5 Å². The first-order valence-electron chi connectivity index (χ1n) is 9.62. The summed E-state index contributed by atoms with van der Waals surface area (Å²) in [7, 11) is 0. The van der Waals surface area contributed by atoms with Crippen molar-refractivity contribution in [1.82, 2.24) is 0 Å². The normalized spacial score (nSPS) is 22.8. The van der Waals surface area contributed by atoms with Crippen molar-refractivity contribution in [3.05, 3.63) is 84.2 Å². The van der Waals surface area contributed by atoms with Gasteiger partial charge >= 0.3 is 0 Å². The van der Waals surface area contributed by atoms with E-state index in [4.69, 9.17) is 4.84 Å². The van der Waals surface area contributed by atoms with Crippen molar-refractivity contribution in [2.45, 2.75) is 12.1 Å². The van der Waals surface area contributed by atoms with Crippen LogP contribution in [0.3, 0.4) is 0 Å². The van der Waals surface area contributed by atoms with Crippen LogP contribution in [0.1, 0.15) is 11.6 Å². The Morgan fingerprint density at radius 1 is 0.806 bits per heavy atom. The second kappa shape index (κ2) is 7.10. The van der Waals surface area contributed by atoms with E-state index in [1.165, 1.54) is 41.5 Å². The number of phenols is 2. The topological polar surface area (TPSA) is 90.3 Å². The standard InChI is InChI=1S/C23H17FN2O5/c24-14-7-9-15(10-8-14)25-22(29)19-20(13-6-11-17(27)18(28)12-13)26(31-21(19)23(25)30)16-4-2-1-3-5-16/h1-12,19-21,27-28H. The molecule has 0 spiro atoms. The van der Waals surface area contributed by atoms with E-state index in [0.717, 1.165) is 4.90 Å². The van der Waals surface area contributed by atoms with Gasteiger partial charge in [-0.3, -0.25) is 14.4 Å². The van der Waals surface area contributed by atoms with Crippen LogP contribution in [0.25, 0.3) is 0 Å². The molecular weight excluding hydrogens is 403 g/mol. The molecule has 3 unspecified atom stereocenters. The number of rotatable bonds is 3. The minimum absolute atomic E-state index is 0.257. The summed E-state index contributed by atoms with van der Waals surface area (Å²) >= 11 is 0. The van der Waals surface area contributed by atoms with E-state index in [9.17, 15) is 24.2 Å². The number of halogens is 1. The average molecular weight is 420 g/mol. The van der Waals surface area contributed by atoms with Gasteiger partial charge in [0.2, 0.25) is 5.91 Å². The van der Waals surface area contributed by atoms with Gasteiger partial charge in [0.25, 0.3) is 5.91 Å². The van der Waals surface area contributed by atoms with Crippen LogP contribution in [-0.2, 0) is 14.4 Å². The lowest BCUT2D eigenvalue weighted by atomic mass is 9.90. The highest BCUT2D eigenvalue weighted by molar-refractivity contribution is 6.23. The van der Waals surface area contributed by atoms with Gasteiger partial charge in [0.05, 0.1) is 17.4 Å². The van der Waals surface area contributed by atoms with E-state index in [1.807, 2.05) is 6.07 Å². The van der Waals surface area contributed by atoms with Crippen molar-refractivity contribution in [2.24, 2.45) is 5.92 Å². The van der Waals surface area contributed by atoms with Crippen LogP contribution in [-0.4, -0.2) is 28.1 Å². The molecule has 0 saturated carbocycles. The van der Waals surface area contributed by atoms with Crippen LogP contribution in [0.2, 0.25) is 0 Å². The maximum atomic E-state index is 13.4. The number of imide groups is 1. The van der Waals surface area contributed by atoms with E-state index >= 15 is 0 Å². The fourth-order valence-electron chi connectivity index (χ4n) is 4.12. The predicted octanol–water partition coefficient (Wildman–Crippen LogP) is 3.29. The van der Waals surface area contributed by atoms with E-state index < -0.39 is 35.7 Å². The molecule has 3 aromatic carbocycles. The minimum atomic E-state index is -1.08. The smallest absolute Gasteiger partial charge is 0.266 e. The number of benzene rings is 3. The summed E-state index contributed by atoms with van der Waals surface area (Å²) in [6, 6.07) is 17.6. The zero-order valence-electron chi connectivity index (χ0n) is 16.1. The van der Waals surface area contributed by atoms with Crippen molar-refractivity contribution < 1.29 is 29.0 Å². The maximum absolute atomic E-state index is 13.4. The number of hydrogen-bond acceptors (Lipinski definition) is 6. The molecule has 3 aromatic rings. The molecule has 0 bridgehead atoms. The third-order valence-electron chi connectivity index (χ3n) is 5.55. The monoisotopic (exact) mass is 420 g/mol. The average Bonchev–Trinajstić information content (AvgIpc) is 3.28. The molecule has 0 radical (unpaired) electrons. The van der Waals surface area contributed by atoms with Crippen LogP contribution < -0.4 is 9.96 Å². The first-order chi connectivity index (χ1) is 15.0. The zero-order valence-corrected chi connectivity index (χ0v) is 16.1. The molecule has 3 atom stereocenters. The number of amides is 2. The number of aromatic hydroxyl groups is 2. The molecule has 8 heteroatoms. The van der Waals surface area contributed by atoms with Gasteiger partial charge in [-0.05, 0) is 54.1 Å². The van der Waals surface area contributed by atoms with Crippen LogP contribution >= 0.6 is 0 Å². The van der Waals surface area contributed by atoms with Gasteiger partial charge in [0.15, 0.2) is 17.6 Å². The molecule has 2 fully saturated rings. The summed E-state index contributed by atoms with van der Waals surface area (Å²) in [5, 5.41) is 21.2. The Morgan fingerprint density at radius 2 is 1.52 bits per heavy atom. The minimum Gasteiger partial charge on any atom is -0.504 e. The first-order valence-corrected chi connectivity index (χ1v) is 9.62. The molecule has 5 rings (SSSR count). The predicted molar refractivity (Wildman–Crippen MR) is 109 cm³/mol. The summed E-state index contributed by atoms with van der Waals surface area (Å²) < 4.78 is 13.3. The largest absolute Gasteiger partial charge is 0.504 e. The van der Waals surface area contributed by atoms with Gasteiger partial charge in [0.1, 0.15) is 11.7 Å². The Bertz CT molecular complexity index is 1170. The van der Waals surface area contributed by atoms with Crippen molar-refractivity contribution in [2.75, 3.05) is 9.96 Å². The summed E-state index contributed by atoms with van der Waals surface area (Å²) in [5.74, 6) is -3.06. The summed E-state index contributed by atoms with van der Waals surface area (Å²) in [5.41, 5.74) is 1.38. The maximum Gasteiger partial charge on any atom is 0.266 e. The third-order valence-corrected chi connectivity index (χ3v) is 5.55. The Morgan fingerprint density at radius 3 is 2.19 bits per heavy atom. The molecule has 2 amide bonds. The molecule has 2 aliphatic rings. The molecule has 2 N–H and O–H groups in total. The Hall–Kier alpha value is -3.91. The molecule has 2 aliphatic heterocycles. The Balaban J connectivity index is 1.60. The first kappa shape index (κ1) is 19.1. The van der Waals surface area contributed by atoms with Crippen LogP contribution in [0, 0.1) is 11.7 Å². The molecule has 0 aliphatic carbocycles. The fraction of sp³-hybridized carbons (Fsp3) is 0.130. The number of anilines is 2. The summed E-state index contributed by atoms with van der Waals surface area (Å²) in [6.07, 6.45) is -1.08. The van der Waals surface area contributed by atoms with Gasteiger partial charge in [-0.15, -0.1) is 0 Å². The molecular formula is C23H17FN2O5. The lowest BCUT2D eigenvalue weighted by Gasteiger charge is -2.28. The van der Waals surface area contributed by atoms with Crippen molar-refractivity contribution in [3.63, 3.8) is 0 Å². The van der Waals surface area contributed by atoms with E-state index in [-0.39, 0.29) is 17.2 Å². The summed E-state index contributed by atoms with van der Waals surface area (Å²) in [4.78, 5) is 33.5. The number of hydroxylamine groups is 1. The second-order valence-corrected chi connectivity index (χ2v) is 7.39. The number of carbonyl (C=O) groups excluding carboxylic acids is 2. The Kier molecular flexibility index (Phi) is 4.37. The molecule has 31 heavy (non-hydrogen) atoms. The van der Waals surface area contributed by atoms with Crippen molar-refractivity contribution >= 4 is 23.2 Å². The quantitative estimate of drug-likeness (QED) is 0.499. The fourth-order valence-corrected chi connectivity index (χ4v) is 4.12. The van der Waals surface area contributed by atoms with Gasteiger partial charge in [-0.25, -0.2) is 14.4 Å². The summed E-state index contributed by atoms with van der Waals surface area (Å²) in [6.45, 7) is 0. The molecule has 156 valence electrons. The van der Waals surface area contributed by atoms with E-state index in [2.05, 4.69) is 0 Å². The van der Waals surface area contributed by atoms with Crippen LogP contribution in [0.4, 0.5) is 15.8 Å². The number of phenolic OH excluding ortho intramolecular Hbond substituents is 2. The van der Waals surface area contributed by atoms with Crippen LogP contribution in [0.15, 0.2) is 72.8 Å². The van der Waals surface area contributed by atoms with E-state index in [1.54, 1.807) is 30.3 Å². The number of hydrogen-bond donors (Lipinski definition) is 2. The highest BCUT2D eigenvalue weighted by atomic mass is 19.1. The lowest BCUT2D eigenvalue weighted by Crippen LogP contribution is -2.37.